The highest BCUT2D eigenvalue weighted by atomic mass is 16.3. The van der Waals surface area contributed by atoms with Gasteiger partial charge in [0.05, 0.1) is 6.10 Å². The molecule has 4 atom stereocenters. The highest BCUT2D eigenvalue weighted by Crippen LogP contribution is 2.66. The Morgan fingerprint density at radius 2 is 1.79 bits per heavy atom. The van der Waals surface area contributed by atoms with E-state index in [2.05, 4.69) is 39.8 Å². The first kappa shape index (κ1) is 10.4. The summed E-state index contributed by atoms with van der Waals surface area (Å²) in [6, 6.07) is 0.365. The van der Waals surface area contributed by atoms with Crippen LogP contribution in [0.2, 0.25) is 0 Å². The summed E-state index contributed by atoms with van der Waals surface area (Å²) in [5.74, 6) is 0.664. The first-order valence-corrected chi connectivity index (χ1v) is 5.67. The van der Waals surface area contributed by atoms with Gasteiger partial charge in [0.2, 0.25) is 0 Å². The Bertz CT molecular complexity index is 249. The van der Waals surface area contributed by atoms with Crippen molar-refractivity contribution in [3.8, 4) is 0 Å². The Morgan fingerprint density at radius 3 is 2.07 bits per heavy atom. The molecule has 2 rings (SSSR count). The monoisotopic (exact) mass is 197 g/mol. The van der Waals surface area contributed by atoms with Crippen molar-refractivity contribution in [2.24, 2.45) is 16.7 Å². The van der Waals surface area contributed by atoms with E-state index in [1.807, 2.05) is 0 Å². The minimum Gasteiger partial charge on any atom is -0.391 e. The number of hydrogen-bond donors (Lipinski definition) is 1. The normalized spacial score (nSPS) is 50.4. The number of rotatable bonds is 1. The third-order valence-corrected chi connectivity index (χ3v) is 5.36. The fourth-order valence-corrected chi connectivity index (χ4v) is 3.93. The summed E-state index contributed by atoms with van der Waals surface area (Å²) >= 11 is 0. The lowest BCUT2D eigenvalue weighted by molar-refractivity contribution is -0.0195. The maximum atomic E-state index is 10.4. The van der Waals surface area contributed by atoms with E-state index in [4.69, 9.17) is 0 Å². The molecule has 2 fully saturated rings. The predicted molar refractivity (Wildman–Crippen MR) is 58.1 cm³/mol. The van der Waals surface area contributed by atoms with E-state index in [9.17, 15) is 5.11 Å². The second kappa shape index (κ2) is 2.73. The van der Waals surface area contributed by atoms with Crippen molar-refractivity contribution in [3.05, 3.63) is 0 Å². The highest BCUT2D eigenvalue weighted by Gasteiger charge is 2.66. The molecule has 0 aromatic carbocycles. The SMILES string of the molecule is CN(C)C1C2CC[C@@](C)(C1O)C2(C)C. The van der Waals surface area contributed by atoms with Gasteiger partial charge in [0.1, 0.15) is 0 Å². The largest absolute Gasteiger partial charge is 0.391 e. The van der Waals surface area contributed by atoms with E-state index < -0.39 is 0 Å². The quantitative estimate of drug-likeness (QED) is 0.692. The maximum absolute atomic E-state index is 10.4. The van der Waals surface area contributed by atoms with Crippen LogP contribution in [0.5, 0.6) is 0 Å². The molecule has 1 N–H and O–H groups in total. The van der Waals surface area contributed by atoms with Gasteiger partial charge < -0.3 is 10.0 Å². The maximum Gasteiger partial charge on any atom is 0.0756 e. The lowest BCUT2D eigenvalue weighted by Crippen LogP contribution is -2.46. The molecule has 2 heteroatoms. The topological polar surface area (TPSA) is 23.5 Å². The number of fused-ring (bicyclic) bond motifs is 2. The molecular weight excluding hydrogens is 174 g/mol. The highest BCUT2D eigenvalue weighted by molar-refractivity contribution is 5.16. The fourth-order valence-electron chi connectivity index (χ4n) is 3.93. The van der Waals surface area contributed by atoms with Gasteiger partial charge in [-0.25, -0.2) is 0 Å². The molecule has 0 saturated heterocycles. The van der Waals surface area contributed by atoms with Gasteiger partial charge in [0, 0.05) is 11.5 Å². The van der Waals surface area contributed by atoms with Crippen LogP contribution in [0.15, 0.2) is 0 Å². The molecule has 3 unspecified atom stereocenters. The summed E-state index contributed by atoms with van der Waals surface area (Å²) in [6.07, 6.45) is 2.32. The molecule has 2 aliphatic rings. The second-order valence-corrected chi connectivity index (χ2v) is 6.18. The van der Waals surface area contributed by atoms with Gasteiger partial charge in [-0.3, -0.25) is 0 Å². The van der Waals surface area contributed by atoms with Crippen molar-refractivity contribution in [2.45, 2.75) is 45.8 Å². The van der Waals surface area contributed by atoms with Crippen LogP contribution in [0.1, 0.15) is 33.6 Å². The van der Waals surface area contributed by atoms with Gasteiger partial charge >= 0.3 is 0 Å². The summed E-state index contributed by atoms with van der Waals surface area (Å²) in [5.41, 5.74) is 0.425. The van der Waals surface area contributed by atoms with Crippen molar-refractivity contribution in [3.63, 3.8) is 0 Å². The molecular formula is C12H23NO. The summed E-state index contributed by atoms with van der Waals surface area (Å²) in [4.78, 5) is 2.21. The Hall–Kier alpha value is -0.0800. The van der Waals surface area contributed by atoms with E-state index in [-0.39, 0.29) is 11.5 Å². The van der Waals surface area contributed by atoms with Crippen LogP contribution in [0.4, 0.5) is 0 Å². The first-order valence-electron chi connectivity index (χ1n) is 5.67. The molecule has 14 heavy (non-hydrogen) atoms. The van der Waals surface area contributed by atoms with Crippen LogP contribution in [0.3, 0.4) is 0 Å². The number of hydrogen-bond acceptors (Lipinski definition) is 2. The zero-order valence-electron chi connectivity index (χ0n) is 10.0. The molecule has 2 nitrogen and oxygen atoms in total. The molecule has 0 amide bonds. The van der Waals surface area contributed by atoms with Gasteiger partial charge in [0.15, 0.2) is 0 Å². The predicted octanol–water partition coefficient (Wildman–Crippen LogP) is 1.73. The van der Waals surface area contributed by atoms with Crippen LogP contribution < -0.4 is 0 Å². The minimum absolute atomic E-state index is 0.132. The van der Waals surface area contributed by atoms with E-state index in [0.29, 0.717) is 17.4 Å². The van der Waals surface area contributed by atoms with Crippen LogP contribution in [0.25, 0.3) is 0 Å². The van der Waals surface area contributed by atoms with Crippen molar-refractivity contribution in [1.29, 1.82) is 0 Å². The second-order valence-electron chi connectivity index (χ2n) is 6.18. The zero-order valence-corrected chi connectivity index (χ0v) is 10.0. The Balaban J connectivity index is 2.39. The van der Waals surface area contributed by atoms with E-state index in [1.54, 1.807) is 0 Å². The molecule has 2 saturated carbocycles. The summed E-state index contributed by atoms with van der Waals surface area (Å²) in [7, 11) is 4.18. The lowest BCUT2D eigenvalue weighted by atomic mass is 9.70. The summed E-state index contributed by atoms with van der Waals surface area (Å²) < 4.78 is 0. The average Bonchev–Trinajstić information content (AvgIpc) is 2.35. The molecule has 0 radical (unpaired) electrons. The van der Waals surface area contributed by atoms with Crippen LogP contribution >= 0.6 is 0 Å². The van der Waals surface area contributed by atoms with Crippen molar-refractivity contribution < 1.29 is 5.11 Å². The van der Waals surface area contributed by atoms with Crippen molar-refractivity contribution >= 4 is 0 Å². The molecule has 2 bridgehead atoms. The van der Waals surface area contributed by atoms with Gasteiger partial charge in [-0.15, -0.1) is 0 Å². The summed E-state index contributed by atoms with van der Waals surface area (Å²) in [5, 5.41) is 10.4. The Labute approximate surface area is 87.3 Å². The van der Waals surface area contributed by atoms with Crippen LogP contribution in [-0.2, 0) is 0 Å². The van der Waals surface area contributed by atoms with E-state index >= 15 is 0 Å². The van der Waals surface area contributed by atoms with Gasteiger partial charge in [-0.1, -0.05) is 20.8 Å². The average molecular weight is 197 g/mol. The first-order chi connectivity index (χ1) is 6.32. The fraction of sp³-hybridized carbons (Fsp3) is 1.00. The molecule has 0 aromatic rings. The standard InChI is InChI=1S/C12H23NO/c1-11(2)8-6-7-12(11,3)10(14)9(8)13(4)5/h8-10,14H,6-7H2,1-5H3/t8?,9?,10?,12-/m0/s1. The van der Waals surface area contributed by atoms with Gasteiger partial charge in [-0.05, 0) is 38.3 Å². The molecule has 0 heterocycles. The number of likely N-dealkylation sites (N-methyl/N-ethyl adjacent to an activating group) is 1. The molecule has 82 valence electrons. The Kier molecular flexibility index (Phi) is 2.04. The zero-order chi connectivity index (χ0) is 10.7. The Morgan fingerprint density at radius 1 is 1.21 bits per heavy atom. The minimum atomic E-state index is -0.147. The van der Waals surface area contributed by atoms with Crippen LogP contribution in [-0.4, -0.2) is 36.2 Å². The number of aliphatic hydroxyl groups excluding tert-OH is 1. The van der Waals surface area contributed by atoms with Crippen LogP contribution in [0, 0.1) is 16.7 Å². The van der Waals surface area contributed by atoms with Gasteiger partial charge in [0.25, 0.3) is 0 Å². The third-order valence-electron chi connectivity index (χ3n) is 5.36. The van der Waals surface area contributed by atoms with Crippen molar-refractivity contribution in [2.75, 3.05) is 14.1 Å². The van der Waals surface area contributed by atoms with Gasteiger partial charge in [-0.2, -0.15) is 0 Å². The molecule has 0 aromatic heterocycles. The molecule has 0 aliphatic heterocycles. The number of aliphatic hydroxyl groups is 1. The number of nitrogens with zero attached hydrogens (tertiary/aromatic N) is 1. The third kappa shape index (κ3) is 0.938. The van der Waals surface area contributed by atoms with E-state index in [0.717, 1.165) is 0 Å². The van der Waals surface area contributed by atoms with E-state index in [1.165, 1.54) is 12.8 Å². The molecule has 2 aliphatic carbocycles. The lowest BCUT2D eigenvalue weighted by Gasteiger charge is -2.38. The molecule has 0 spiro atoms. The summed E-state index contributed by atoms with van der Waals surface area (Å²) in [6.45, 7) is 6.93. The van der Waals surface area contributed by atoms with Crippen molar-refractivity contribution in [1.82, 2.24) is 4.90 Å². The smallest absolute Gasteiger partial charge is 0.0756 e.